The van der Waals surface area contributed by atoms with Crippen LogP contribution in [0.1, 0.15) is 30.5 Å². The van der Waals surface area contributed by atoms with Gasteiger partial charge in [-0.1, -0.05) is 56.3 Å². The third-order valence-electron chi connectivity index (χ3n) is 3.64. The van der Waals surface area contributed by atoms with Crippen LogP contribution in [0.4, 0.5) is 4.39 Å². The average molecular weight is 282 g/mol. The molecule has 0 unspecified atom stereocenters. The minimum absolute atomic E-state index is 0.0371. The van der Waals surface area contributed by atoms with Gasteiger partial charge in [0, 0.05) is 24.1 Å². The Hall–Kier alpha value is -2.18. The van der Waals surface area contributed by atoms with Gasteiger partial charge >= 0.3 is 0 Å². The van der Waals surface area contributed by atoms with Crippen molar-refractivity contribution in [3.05, 3.63) is 71.0 Å². The smallest absolute Gasteiger partial charge is 0.145 e. The van der Waals surface area contributed by atoms with E-state index in [0.29, 0.717) is 12.1 Å². The number of hydrogen-bond acceptors (Lipinski definition) is 2. The van der Waals surface area contributed by atoms with Crippen LogP contribution in [0.5, 0.6) is 0 Å². The van der Waals surface area contributed by atoms with Gasteiger partial charge in [-0.2, -0.15) is 5.26 Å². The maximum atomic E-state index is 14.0. The fraction of sp³-hybridized carbons (Fsp3) is 0.278. The molecule has 2 nitrogen and oxygen atoms in total. The summed E-state index contributed by atoms with van der Waals surface area (Å²) in [7, 11) is 0. The number of nitrogens with zero attached hydrogens (tertiary/aromatic N) is 1. The minimum Gasteiger partial charge on any atom is -0.312 e. The minimum atomic E-state index is -0.426. The van der Waals surface area contributed by atoms with E-state index in [1.165, 1.54) is 11.6 Å². The lowest BCUT2D eigenvalue weighted by molar-refractivity contribution is 0.463. The molecule has 0 aliphatic rings. The van der Waals surface area contributed by atoms with Gasteiger partial charge in [0.25, 0.3) is 0 Å². The molecule has 3 heteroatoms. The van der Waals surface area contributed by atoms with E-state index in [0.717, 1.165) is 6.54 Å². The van der Waals surface area contributed by atoms with Crippen LogP contribution in [-0.4, -0.2) is 6.54 Å². The predicted molar refractivity (Wildman–Crippen MR) is 82.3 cm³/mol. The van der Waals surface area contributed by atoms with Crippen molar-refractivity contribution >= 4 is 0 Å². The van der Waals surface area contributed by atoms with Crippen LogP contribution in [0.3, 0.4) is 0 Å². The molecule has 2 aromatic rings. The highest BCUT2D eigenvalue weighted by molar-refractivity contribution is 5.35. The number of rotatable bonds is 5. The monoisotopic (exact) mass is 282 g/mol. The Morgan fingerprint density at radius 1 is 1.10 bits per heavy atom. The summed E-state index contributed by atoms with van der Waals surface area (Å²) in [6.45, 7) is 5.44. The van der Waals surface area contributed by atoms with E-state index in [2.05, 4.69) is 31.3 Å². The molecule has 0 radical (unpaired) electrons. The van der Waals surface area contributed by atoms with E-state index in [1.54, 1.807) is 12.1 Å². The summed E-state index contributed by atoms with van der Waals surface area (Å²) in [6.07, 6.45) is 0. The lowest BCUT2D eigenvalue weighted by Gasteiger charge is -2.26. The zero-order valence-corrected chi connectivity index (χ0v) is 12.4. The van der Waals surface area contributed by atoms with Crippen molar-refractivity contribution in [1.82, 2.24) is 5.32 Å². The normalized spacial score (nSPS) is 11.1. The van der Waals surface area contributed by atoms with E-state index in [1.807, 2.05) is 24.3 Å². The largest absolute Gasteiger partial charge is 0.312 e. The van der Waals surface area contributed by atoms with Crippen molar-refractivity contribution in [3.8, 4) is 6.07 Å². The molecule has 0 fully saturated rings. The summed E-state index contributed by atoms with van der Waals surface area (Å²) in [4.78, 5) is 0. The first kappa shape index (κ1) is 15.2. The summed E-state index contributed by atoms with van der Waals surface area (Å²) >= 11 is 0. The van der Waals surface area contributed by atoms with Crippen LogP contribution in [0.25, 0.3) is 0 Å². The molecule has 0 aromatic heterocycles. The second kappa shape index (κ2) is 6.51. The summed E-state index contributed by atoms with van der Waals surface area (Å²) < 4.78 is 14.0. The highest BCUT2D eigenvalue weighted by atomic mass is 19.1. The Balaban J connectivity index is 2.01. The van der Waals surface area contributed by atoms with Gasteiger partial charge in [0.2, 0.25) is 0 Å². The van der Waals surface area contributed by atoms with Crippen molar-refractivity contribution < 1.29 is 4.39 Å². The lowest BCUT2D eigenvalue weighted by atomic mass is 9.84. The van der Waals surface area contributed by atoms with E-state index in [4.69, 9.17) is 5.26 Å². The highest BCUT2D eigenvalue weighted by Gasteiger charge is 2.19. The number of nitriles is 1. The van der Waals surface area contributed by atoms with Gasteiger partial charge in [-0.15, -0.1) is 0 Å². The first-order valence-electron chi connectivity index (χ1n) is 6.98. The molecule has 0 aliphatic heterocycles. The topological polar surface area (TPSA) is 35.8 Å². The predicted octanol–water partition coefficient (Wildman–Crippen LogP) is 3.76. The molecule has 0 amide bonds. The van der Waals surface area contributed by atoms with E-state index < -0.39 is 5.82 Å². The molecule has 0 heterocycles. The van der Waals surface area contributed by atoms with Crippen molar-refractivity contribution in [3.63, 3.8) is 0 Å². The number of halogens is 1. The maximum absolute atomic E-state index is 14.0. The van der Waals surface area contributed by atoms with Gasteiger partial charge in [0.05, 0.1) is 5.56 Å². The fourth-order valence-electron chi connectivity index (χ4n) is 2.30. The maximum Gasteiger partial charge on any atom is 0.145 e. The molecule has 1 N–H and O–H groups in total. The third-order valence-corrected chi connectivity index (χ3v) is 3.64. The molecular formula is C18H19FN2. The van der Waals surface area contributed by atoms with Crippen LogP contribution >= 0.6 is 0 Å². The van der Waals surface area contributed by atoms with E-state index in [9.17, 15) is 4.39 Å². The average Bonchev–Trinajstić information content (AvgIpc) is 2.50. The summed E-state index contributed by atoms with van der Waals surface area (Å²) in [5.74, 6) is -0.426. The van der Waals surface area contributed by atoms with Crippen molar-refractivity contribution in [2.24, 2.45) is 0 Å². The Morgan fingerprint density at radius 3 is 2.48 bits per heavy atom. The van der Waals surface area contributed by atoms with E-state index >= 15 is 0 Å². The Labute approximate surface area is 125 Å². The van der Waals surface area contributed by atoms with Crippen LogP contribution in [0.2, 0.25) is 0 Å². The summed E-state index contributed by atoms with van der Waals surface area (Å²) in [5, 5.41) is 12.1. The van der Waals surface area contributed by atoms with Crippen LogP contribution in [-0.2, 0) is 12.0 Å². The van der Waals surface area contributed by atoms with Gasteiger partial charge in [0.15, 0.2) is 0 Å². The summed E-state index contributed by atoms with van der Waals surface area (Å²) in [5.41, 5.74) is 1.82. The highest BCUT2D eigenvalue weighted by Crippen LogP contribution is 2.22. The van der Waals surface area contributed by atoms with Crippen LogP contribution < -0.4 is 5.32 Å². The molecule has 0 saturated carbocycles. The van der Waals surface area contributed by atoms with Gasteiger partial charge in [-0.3, -0.25) is 0 Å². The van der Waals surface area contributed by atoms with Gasteiger partial charge in [0.1, 0.15) is 11.9 Å². The molecule has 21 heavy (non-hydrogen) atoms. The van der Waals surface area contributed by atoms with Crippen molar-refractivity contribution in [1.29, 1.82) is 5.26 Å². The summed E-state index contributed by atoms with van der Waals surface area (Å²) in [6, 6.07) is 17.0. The van der Waals surface area contributed by atoms with Crippen LogP contribution in [0, 0.1) is 17.1 Å². The van der Waals surface area contributed by atoms with Gasteiger partial charge in [-0.05, 0) is 11.6 Å². The molecule has 0 spiro atoms. The Bertz CT molecular complexity index is 642. The SMILES string of the molecule is CC(C)(CNCc1cccc(C#N)c1F)c1ccccc1. The zero-order chi connectivity index (χ0) is 15.3. The second-order valence-corrected chi connectivity index (χ2v) is 5.74. The first-order valence-corrected chi connectivity index (χ1v) is 6.98. The van der Waals surface area contributed by atoms with Crippen LogP contribution in [0.15, 0.2) is 48.5 Å². The molecule has 2 rings (SSSR count). The number of nitrogens with one attached hydrogen (secondary N) is 1. The Morgan fingerprint density at radius 2 is 1.81 bits per heavy atom. The van der Waals surface area contributed by atoms with E-state index in [-0.39, 0.29) is 11.0 Å². The number of benzene rings is 2. The van der Waals surface area contributed by atoms with Crippen molar-refractivity contribution in [2.75, 3.05) is 6.54 Å². The zero-order valence-electron chi connectivity index (χ0n) is 12.4. The molecule has 108 valence electrons. The molecule has 0 aliphatic carbocycles. The van der Waals surface area contributed by atoms with Crippen molar-refractivity contribution in [2.45, 2.75) is 25.8 Å². The third kappa shape index (κ3) is 3.68. The fourth-order valence-corrected chi connectivity index (χ4v) is 2.30. The Kier molecular flexibility index (Phi) is 4.72. The van der Waals surface area contributed by atoms with Gasteiger partial charge < -0.3 is 5.32 Å². The van der Waals surface area contributed by atoms with Gasteiger partial charge in [-0.25, -0.2) is 4.39 Å². The first-order chi connectivity index (χ1) is 10.0. The molecular weight excluding hydrogens is 263 g/mol. The quantitative estimate of drug-likeness (QED) is 0.906. The second-order valence-electron chi connectivity index (χ2n) is 5.74. The molecule has 0 atom stereocenters. The lowest BCUT2D eigenvalue weighted by Crippen LogP contribution is -2.32. The number of hydrogen-bond donors (Lipinski definition) is 1. The molecule has 0 saturated heterocycles. The molecule has 0 bridgehead atoms. The standard InChI is InChI=1S/C18H19FN2/c1-18(2,16-9-4-3-5-10-16)13-21-12-15-8-6-7-14(11-20)17(15)19/h3-10,21H,12-13H2,1-2H3. The molecule has 2 aromatic carbocycles.